The smallest absolute Gasteiger partial charge is 0.187 e. The van der Waals surface area contributed by atoms with Gasteiger partial charge in [0.1, 0.15) is 23.4 Å². The van der Waals surface area contributed by atoms with E-state index in [0.717, 1.165) is 18.2 Å². The Bertz CT molecular complexity index is 707. The van der Waals surface area contributed by atoms with Gasteiger partial charge in [0.05, 0.1) is 11.6 Å². The summed E-state index contributed by atoms with van der Waals surface area (Å²) in [5.74, 6) is -5.02. The molecule has 5 heteroatoms. The molecule has 0 N–H and O–H groups in total. The first-order valence-electron chi connectivity index (χ1n) is 5.68. The molecule has 1 atom stereocenters. The van der Waals surface area contributed by atoms with Crippen molar-refractivity contribution in [3.63, 3.8) is 0 Å². The molecule has 0 aliphatic heterocycles. The second-order valence-corrected chi connectivity index (χ2v) is 4.07. The summed E-state index contributed by atoms with van der Waals surface area (Å²) in [7, 11) is 0. The number of hydrogen-bond donors (Lipinski definition) is 0. The number of carbonyl (C=O) groups is 1. The molecule has 2 aromatic rings. The van der Waals surface area contributed by atoms with Crippen molar-refractivity contribution in [2.75, 3.05) is 0 Å². The average Bonchev–Trinajstić information content (AvgIpc) is 2.41. The van der Waals surface area contributed by atoms with Crippen LogP contribution in [0.25, 0.3) is 0 Å². The van der Waals surface area contributed by atoms with E-state index in [2.05, 4.69) is 0 Å². The van der Waals surface area contributed by atoms with E-state index in [1.165, 1.54) is 18.2 Å². The van der Waals surface area contributed by atoms with Gasteiger partial charge in [-0.3, -0.25) is 4.79 Å². The van der Waals surface area contributed by atoms with E-state index in [1.807, 2.05) is 0 Å². The van der Waals surface area contributed by atoms with Crippen molar-refractivity contribution in [2.45, 2.75) is 5.92 Å². The third-order valence-corrected chi connectivity index (χ3v) is 2.80. The summed E-state index contributed by atoms with van der Waals surface area (Å²) >= 11 is 0. The number of nitriles is 1. The molecule has 0 radical (unpaired) electrons. The Labute approximate surface area is 113 Å². The van der Waals surface area contributed by atoms with Crippen molar-refractivity contribution >= 4 is 5.78 Å². The van der Waals surface area contributed by atoms with E-state index in [0.29, 0.717) is 6.07 Å². The maximum absolute atomic E-state index is 13.6. The molecule has 0 saturated heterocycles. The number of hydrogen-bond acceptors (Lipinski definition) is 2. The number of benzene rings is 2. The van der Waals surface area contributed by atoms with Crippen molar-refractivity contribution in [1.82, 2.24) is 0 Å². The lowest BCUT2D eigenvalue weighted by Crippen LogP contribution is -2.14. The standard InChI is InChI=1S/C15H8F3NO/c16-9-5-6-11(14(18)7-9)15(20)12(8-19)10-3-1-2-4-13(10)17/h1-7,12H. The summed E-state index contributed by atoms with van der Waals surface area (Å²) in [4.78, 5) is 12.1. The first-order valence-corrected chi connectivity index (χ1v) is 5.68. The van der Waals surface area contributed by atoms with Gasteiger partial charge in [-0.15, -0.1) is 0 Å². The van der Waals surface area contributed by atoms with Gasteiger partial charge in [-0.25, -0.2) is 13.2 Å². The van der Waals surface area contributed by atoms with Gasteiger partial charge in [0, 0.05) is 11.6 Å². The molecule has 2 aromatic carbocycles. The molecule has 0 spiro atoms. The van der Waals surface area contributed by atoms with Gasteiger partial charge in [-0.2, -0.15) is 5.26 Å². The molecule has 0 amide bonds. The van der Waals surface area contributed by atoms with Crippen molar-refractivity contribution in [3.05, 3.63) is 71.0 Å². The van der Waals surface area contributed by atoms with Crippen LogP contribution in [0.1, 0.15) is 21.8 Å². The van der Waals surface area contributed by atoms with Gasteiger partial charge in [0.25, 0.3) is 0 Å². The molecular formula is C15H8F3NO. The Hall–Kier alpha value is -2.61. The Morgan fingerprint density at radius 3 is 2.35 bits per heavy atom. The van der Waals surface area contributed by atoms with E-state index in [4.69, 9.17) is 5.26 Å². The van der Waals surface area contributed by atoms with Crippen LogP contribution in [0.2, 0.25) is 0 Å². The summed E-state index contributed by atoms with van der Waals surface area (Å²) < 4.78 is 40.0. The average molecular weight is 275 g/mol. The molecule has 0 aliphatic rings. The van der Waals surface area contributed by atoms with Crippen molar-refractivity contribution in [3.8, 4) is 6.07 Å². The largest absolute Gasteiger partial charge is 0.292 e. The third-order valence-electron chi connectivity index (χ3n) is 2.80. The molecule has 20 heavy (non-hydrogen) atoms. The second kappa shape index (κ2) is 5.57. The van der Waals surface area contributed by atoms with Crippen LogP contribution in [0.3, 0.4) is 0 Å². The molecule has 1 unspecified atom stereocenters. The molecule has 0 fully saturated rings. The lowest BCUT2D eigenvalue weighted by atomic mass is 9.91. The van der Waals surface area contributed by atoms with Gasteiger partial charge >= 0.3 is 0 Å². The Morgan fingerprint density at radius 2 is 1.75 bits per heavy atom. The first-order chi connectivity index (χ1) is 9.54. The zero-order chi connectivity index (χ0) is 14.7. The van der Waals surface area contributed by atoms with Crippen LogP contribution in [-0.2, 0) is 0 Å². The molecule has 0 aliphatic carbocycles. The van der Waals surface area contributed by atoms with Gasteiger partial charge < -0.3 is 0 Å². The van der Waals surface area contributed by atoms with E-state index in [-0.39, 0.29) is 5.56 Å². The SMILES string of the molecule is N#CC(C(=O)c1ccc(F)cc1F)c1ccccc1F. The fraction of sp³-hybridized carbons (Fsp3) is 0.0667. The van der Waals surface area contributed by atoms with Crippen LogP contribution in [0.5, 0.6) is 0 Å². The first kappa shape index (κ1) is 13.8. The van der Waals surface area contributed by atoms with Crippen LogP contribution >= 0.6 is 0 Å². The van der Waals surface area contributed by atoms with Crippen LogP contribution in [0.4, 0.5) is 13.2 Å². The van der Waals surface area contributed by atoms with Gasteiger partial charge in [0.15, 0.2) is 5.78 Å². The zero-order valence-corrected chi connectivity index (χ0v) is 10.1. The maximum Gasteiger partial charge on any atom is 0.187 e. The van der Waals surface area contributed by atoms with Crippen LogP contribution in [0.15, 0.2) is 42.5 Å². The summed E-state index contributed by atoms with van der Waals surface area (Å²) in [6.45, 7) is 0. The highest BCUT2D eigenvalue weighted by molar-refractivity contribution is 6.03. The number of rotatable bonds is 3. The normalized spacial score (nSPS) is 11.7. The Balaban J connectivity index is 2.45. The highest BCUT2D eigenvalue weighted by Crippen LogP contribution is 2.24. The monoisotopic (exact) mass is 275 g/mol. The molecule has 100 valence electrons. The van der Waals surface area contributed by atoms with E-state index in [1.54, 1.807) is 6.07 Å². The molecule has 0 bridgehead atoms. The topological polar surface area (TPSA) is 40.9 Å². The highest BCUT2D eigenvalue weighted by atomic mass is 19.1. The van der Waals surface area contributed by atoms with Gasteiger partial charge in [-0.1, -0.05) is 18.2 Å². The fourth-order valence-corrected chi connectivity index (χ4v) is 1.82. The minimum absolute atomic E-state index is 0.135. The van der Waals surface area contributed by atoms with E-state index >= 15 is 0 Å². The molecular weight excluding hydrogens is 267 g/mol. The number of nitrogens with zero attached hydrogens (tertiary/aromatic N) is 1. The summed E-state index contributed by atoms with van der Waals surface area (Å²) in [5, 5.41) is 9.05. The van der Waals surface area contributed by atoms with Crippen LogP contribution in [0, 0.1) is 28.8 Å². The Morgan fingerprint density at radius 1 is 1.05 bits per heavy atom. The zero-order valence-electron chi connectivity index (χ0n) is 10.1. The predicted octanol–water partition coefficient (Wildman–Crippen LogP) is 3.59. The van der Waals surface area contributed by atoms with Crippen molar-refractivity contribution in [2.24, 2.45) is 0 Å². The lowest BCUT2D eigenvalue weighted by molar-refractivity contribution is 0.0973. The van der Waals surface area contributed by atoms with Crippen LogP contribution in [-0.4, -0.2) is 5.78 Å². The van der Waals surface area contributed by atoms with Crippen molar-refractivity contribution < 1.29 is 18.0 Å². The quantitative estimate of drug-likeness (QED) is 0.803. The number of carbonyl (C=O) groups excluding carboxylic acids is 1. The lowest BCUT2D eigenvalue weighted by Gasteiger charge is -2.10. The van der Waals surface area contributed by atoms with Gasteiger partial charge in [0.2, 0.25) is 0 Å². The Kier molecular flexibility index (Phi) is 3.85. The number of halogens is 3. The summed E-state index contributed by atoms with van der Waals surface area (Å²) in [6.07, 6.45) is 0. The molecule has 0 saturated carbocycles. The van der Waals surface area contributed by atoms with Gasteiger partial charge in [-0.05, 0) is 18.2 Å². The second-order valence-electron chi connectivity index (χ2n) is 4.07. The number of Topliss-reactive ketones (excluding diaryl/α,β-unsaturated/α-hetero) is 1. The third kappa shape index (κ3) is 2.54. The minimum atomic E-state index is -1.48. The van der Waals surface area contributed by atoms with E-state index < -0.39 is 34.7 Å². The minimum Gasteiger partial charge on any atom is -0.292 e. The summed E-state index contributed by atoms with van der Waals surface area (Å²) in [6, 6.07) is 9.31. The maximum atomic E-state index is 13.6. The fourth-order valence-electron chi connectivity index (χ4n) is 1.82. The highest BCUT2D eigenvalue weighted by Gasteiger charge is 2.26. The molecule has 0 aromatic heterocycles. The van der Waals surface area contributed by atoms with E-state index in [9.17, 15) is 18.0 Å². The predicted molar refractivity (Wildman–Crippen MR) is 65.4 cm³/mol. The van der Waals surface area contributed by atoms with Crippen LogP contribution < -0.4 is 0 Å². The summed E-state index contributed by atoms with van der Waals surface area (Å²) in [5.41, 5.74) is -0.579. The molecule has 0 heterocycles. The molecule has 2 rings (SSSR count). The number of ketones is 1. The van der Waals surface area contributed by atoms with Crippen molar-refractivity contribution in [1.29, 1.82) is 5.26 Å². The molecule has 2 nitrogen and oxygen atoms in total.